The van der Waals surface area contributed by atoms with Crippen molar-refractivity contribution in [2.24, 2.45) is 11.5 Å². The predicted octanol–water partition coefficient (Wildman–Crippen LogP) is 17.2. The van der Waals surface area contributed by atoms with Crippen molar-refractivity contribution in [3.8, 4) is 11.5 Å². The first-order valence-electron chi connectivity index (χ1n) is 39.2. The minimum absolute atomic E-state index is 0.0506. The number of carbonyl (C=O) groups excluding carboxylic acids is 2. The SMILES string of the molecule is Cc1[nH]c2ncnc(Nc3ccc(C(N)=O)cc3OC(C)C)c2c1C.Cc1[nH]c2ncnc(Nc3ccccc3OC3CCOC3)c2c1C.NC(=O)c1ccc(Nc2ncnc3[nH]ccc23)cc1Cl.O=C(O)c1ccc(Nc2ncnc3[nH]ccc23)cc1.O=C(O)c1ccc(Nc2ncnc3[nH]ccc23)cc1Cl.c1nc(Nc2ccc3[nH]ncc3c2)c2cc[nH]c2n1. The summed E-state index contributed by atoms with van der Waals surface area (Å²) in [5.74, 6) is 2.48. The van der Waals surface area contributed by atoms with E-state index in [0.29, 0.717) is 63.3 Å². The van der Waals surface area contributed by atoms with Gasteiger partial charge in [0.25, 0.3) is 0 Å². The van der Waals surface area contributed by atoms with Gasteiger partial charge in [-0.1, -0.05) is 35.3 Å². The number of H-pyrrole nitrogens is 7. The summed E-state index contributed by atoms with van der Waals surface area (Å²) in [6.45, 7) is 13.4. The summed E-state index contributed by atoms with van der Waals surface area (Å²) in [6, 6.07) is 42.5. The summed E-state index contributed by atoms with van der Waals surface area (Å²) < 4.78 is 17.3. The first-order valence-corrected chi connectivity index (χ1v) is 39.9. The van der Waals surface area contributed by atoms with Gasteiger partial charge in [0.05, 0.1) is 101 Å². The highest BCUT2D eigenvalue weighted by atomic mass is 35.5. The van der Waals surface area contributed by atoms with E-state index in [1.807, 2.05) is 108 Å². The van der Waals surface area contributed by atoms with Crippen molar-refractivity contribution in [1.82, 2.24) is 99.9 Å². The molecule has 2 amide bonds. The number of hydrogen-bond donors (Lipinski definition) is 17. The molecule has 1 aliphatic rings. The highest BCUT2D eigenvalue weighted by molar-refractivity contribution is 6.34. The molecule has 37 nitrogen and oxygen atoms in total. The maximum absolute atomic E-state index is 11.5. The highest BCUT2D eigenvalue weighted by Gasteiger charge is 2.22. The number of amides is 2. The molecule has 1 unspecified atom stereocenters. The molecule has 1 atom stereocenters. The molecule has 0 saturated carbocycles. The van der Waals surface area contributed by atoms with Gasteiger partial charge in [0.1, 0.15) is 124 Å². The highest BCUT2D eigenvalue weighted by Crippen LogP contribution is 2.37. The van der Waals surface area contributed by atoms with Crippen molar-refractivity contribution in [2.45, 2.75) is 60.2 Å². The lowest BCUT2D eigenvalue weighted by Crippen LogP contribution is -2.16. The number of fused-ring (bicyclic) bond motifs is 7. The second kappa shape index (κ2) is 38.6. The van der Waals surface area contributed by atoms with Crippen LogP contribution in [0.2, 0.25) is 10.0 Å². The molecule has 0 aliphatic carbocycles. The summed E-state index contributed by atoms with van der Waals surface area (Å²) >= 11 is 11.9. The van der Waals surface area contributed by atoms with Gasteiger partial charge in [0.15, 0.2) is 0 Å². The lowest BCUT2D eigenvalue weighted by atomic mass is 10.1. The molecule has 6 aromatic carbocycles. The fourth-order valence-corrected chi connectivity index (χ4v) is 13.9. The minimum atomic E-state index is -1.06. The van der Waals surface area contributed by atoms with E-state index >= 15 is 0 Å². The number of aromatic carboxylic acids is 2. The number of carboxylic acid groups (broad SMARTS) is 2. The monoisotopic (exact) mass is 1740 g/mol. The molecule has 20 rings (SSSR count). The molecule has 640 valence electrons. The van der Waals surface area contributed by atoms with Gasteiger partial charge in [0.2, 0.25) is 11.8 Å². The molecule has 1 fully saturated rings. The molecule has 14 heterocycles. The maximum Gasteiger partial charge on any atom is 0.337 e. The molecule has 0 radical (unpaired) electrons. The van der Waals surface area contributed by atoms with Crippen LogP contribution in [0.25, 0.3) is 77.1 Å². The van der Waals surface area contributed by atoms with Crippen LogP contribution in [0.5, 0.6) is 11.5 Å². The van der Waals surface area contributed by atoms with Crippen LogP contribution in [0, 0.1) is 27.7 Å². The summed E-state index contributed by atoms with van der Waals surface area (Å²) in [5, 5.41) is 51.1. The maximum atomic E-state index is 11.5. The van der Waals surface area contributed by atoms with Crippen molar-refractivity contribution in [3.05, 3.63) is 269 Å². The predicted molar refractivity (Wildman–Crippen MR) is 487 cm³/mol. The summed E-state index contributed by atoms with van der Waals surface area (Å²) in [5.41, 5.74) is 26.3. The number of rotatable bonds is 20. The lowest BCUT2D eigenvalue weighted by Gasteiger charge is -2.16. The van der Waals surface area contributed by atoms with Crippen LogP contribution >= 0.6 is 23.2 Å². The Morgan fingerprint density at radius 3 is 1.34 bits per heavy atom. The second-order valence-corrected chi connectivity index (χ2v) is 29.5. The van der Waals surface area contributed by atoms with Crippen LogP contribution in [0.3, 0.4) is 0 Å². The molecule has 1 saturated heterocycles. The largest absolute Gasteiger partial charge is 0.489 e. The molecule has 127 heavy (non-hydrogen) atoms. The number of anilines is 12. The zero-order valence-corrected chi connectivity index (χ0v) is 70.0. The third-order valence-corrected chi connectivity index (χ3v) is 20.5. The third kappa shape index (κ3) is 20.3. The zero-order valence-electron chi connectivity index (χ0n) is 68.5. The number of nitrogens with zero attached hydrogens (tertiary/aromatic N) is 13. The number of aromatic amines is 7. The molecule has 0 bridgehead atoms. The lowest BCUT2D eigenvalue weighted by molar-refractivity contribution is 0.0686. The van der Waals surface area contributed by atoms with Gasteiger partial charge in [-0.25, -0.2) is 69.4 Å². The Bertz CT molecular complexity index is 7070. The molecule has 0 spiro atoms. The van der Waals surface area contributed by atoms with Crippen LogP contribution in [0.15, 0.2) is 215 Å². The van der Waals surface area contributed by atoms with Crippen LogP contribution in [-0.2, 0) is 4.74 Å². The number of hydrogen-bond acceptors (Lipinski definition) is 26. The molecule has 19 N–H and O–H groups in total. The van der Waals surface area contributed by atoms with Crippen molar-refractivity contribution >= 4 is 193 Å². The van der Waals surface area contributed by atoms with E-state index in [0.717, 1.165) is 147 Å². The number of carboxylic acids is 2. The molecule has 13 aromatic heterocycles. The van der Waals surface area contributed by atoms with E-state index in [2.05, 4.69) is 139 Å². The number of nitrogens with one attached hydrogen (secondary N) is 13. The Labute approximate surface area is 730 Å². The first kappa shape index (κ1) is 85.3. The number of aromatic nitrogens is 20. The van der Waals surface area contributed by atoms with Crippen LogP contribution in [0.1, 0.15) is 84.2 Å². The van der Waals surface area contributed by atoms with Gasteiger partial charge >= 0.3 is 11.9 Å². The van der Waals surface area contributed by atoms with Gasteiger partial charge in [0, 0.05) is 76.3 Å². The summed E-state index contributed by atoms with van der Waals surface area (Å²) in [7, 11) is 0. The number of halogens is 2. The average molecular weight is 1740 g/mol. The van der Waals surface area contributed by atoms with Crippen molar-refractivity contribution in [1.29, 1.82) is 0 Å². The molecule has 1 aliphatic heterocycles. The van der Waals surface area contributed by atoms with E-state index in [4.69, 9.17) is 59.1 Å². The molecule has 39 heteroatoms. The smallest absolute Gasteiger partial charge is 0.337 e. The van der Waals surface area contributed by atoms with Crippen molar-refractivity contribution in [3.63, 3.8) is 0 Å². The van der Waals surface area contributed by atoms with Gasteiger partial charge < -0.3 is 97.7 Å². The first-order chi connectivity index (χ1) is 61.5. The van der Waals surface area contributed by atoms with Crippen LogP contribution < -0.4 is 52.8 Å². The van der Waals surface area contributed by atoms with Gasteiger partial charge in [-0.15, -0.1) is 0 Å². The minimum Gasteiger partial charge on any atom is -0.489 e. The van der Waals surface area contributed by atoms with E-state index in [-0.39, 0.29) is 33.9 Å². The van der Waals surface area contributed by atoms with E-state index in [1.54, 1.807) is 104 Å². The van der Waals surface area contributed by atoms with E-state index < -0.39 is 23.8 Å². The fourth-order valence-electron chi connectivity index (χ4n) is 13.3. The van der Waals surface area contributed by atoms with Crippen LogP contribution in [-0.4, -0.2) is 159 Å². The van der Waals surface area contributed by atoms with Gasteiger partial charge in [-0.2, -0.15) is 5.10 Å². The number of benzene rings is 6. The summed E-state index contributed by atoms with van der Waals surface area (Å²) in [6.07, 6.45) is 18.9. The van der Waals surface area contributed by atoms with Crippen molar-refractivity contribution < 1.29 is 43.6 Å². The normalized spacial score (nSPS) is 12.1. The zero-order chi connectivity index (χ0) is 88.8. The number of aryl methyl sites for hydroxylation is 4. The molecular weight excluding hydrogens is 1660 g/mol. The quantitative estimate of drug-likeness (QED) is 0.0337. The van der Waals surface area contributed by atoms with Gasteiger partial charge in [-0.3, -0.25) is 14.7 Å². The summed E-state index contributed by atoms with van der Waals surface area (Å²) in [4.78, 5) is 113. The van der Waals surface area contributed by atoms with Gasteiger partial charge in [-0.05, 0) is 186 Å². The molecule has 19 aromatic rings. The standard InChI is InChI=1S/C18H21N5O2.C18H20N4O2.C13H10ClN5O.C13H9ClN4O2.C13H10N6.C13H10N4O2/c1-9(2)25-14-7-12(16(19)24)5-6-13(14)23-18-15-10(3)11(4)22-17(15)20-8-21-18;1-11-12(2)21-17-16(11)18(20-10-19-17)22-14-5-3-4-6-15(14)24-13-7-8-23-9-13;14-10-5-7(1-2-8(10)11(15)20)19-13-9-3-4-16-12(9)17-6-18-13;14-10-5-7(1-2-8(10)13(19)20)18-12-9-3-4-15-11(9)16-6-17-12;1-2-11-8(6-17-19-11)5-9(1)18-13-10-3-4-14-12(10)15-7-16-13;18-13(19)8-1-3-9(4-2-8)17-12-10-5-6-14-11(10)15-7-16-12/h5-9H,1-4H3,(H2,19,24)(H2,20,21,22,23);3-6,10,13H,7-9H2,1-2H3,(H2,19,20,21,22);1-6H,(H2,15,20)(H2,16,17,18,19);1-6H,(H,19,20)(H2,15,16,17,18);1-7H,(H,17,19)(H2,14,15,16,18);1-7H,(H,18,19)(H2,14,15,16,17). The van der Waals surface area contributed by atoms with E-state index in [1.165, 1.54) is 37.7 Å². The fraction of sp³-hybridized carbons (Fsp3) is 0.125. The Morgan fingerprint density at radius 2 is 0.890 bits per heavy atom. The van der Waals surface area contributed by atoms with Crippen molar-refractivity contribution in [2.75, 3.05) is 45.1 Å². The number of primary amides is 2. The number of para-hydroxylation sites is 2. The Kier molecular flexibility index (Phi) is 25.9. The third-order valence-electron chi connectivity index (χ3n) is 19.9. The number of ether oxygens (including phenoxy) is 3. The number of carbonyl (C=O) groups is 4. The Balaban J connectivity index is 0.000000118. The Hall–Kier alpha value is -16.7. The Morgan fingerprint density at radius 1 is 0.457 bits per heavy atom. The average Bonchev–Trinajstić information content (AvgIpc) is 1.65. The number of nitrogens with two attached hydrogens (primary N) is 2. The topological polar surface area (TPSA) is 539 Å². The molecular formula is C88H80Cl2N28O9. The van der Waals surface area contributed by atoms with E-state index in [9.17, 15) is 19.2 Å². The van der Waals surface area contributed by atoms with Crippen LogP contribution in [0.4, 0.5) is 69.0 Å². The second-order valence-electron chi connectivity index (χ2n) is 28.7.